The summed E-state index contributed by atoms with van der Waals surface area (Å²) in [5.41, 5.74) is 7.93. The molecule has 0 radical (unpaired) electrons. The maximum atomic E-state index is 6.06. The molecule has 1 nitrogen and oxygen atoms in total. The van der Waals surface area contributed by atoms with Crippen molar-refractivity contribution in [2.75, 3.05) is 0 Å². The number of rotatable bonds is 1. The number of benzene rings is 1. The SMILES string of the molecule is CC(C)(C)c1ccc(CN)c(Cl)c1. The van der Waals surface area contributed by atoms with Crippen molar-refractivity contribution in [3.63, 3.8) is 0 Å². The Hall–Kier alpha value is -0.530. The van der Waals surface area contributed by atoms with Crippen LogP contribution in [0.15, 0.2) is 18.2 Å². The van der Waals surface area contributed by atoms with E-state index in [0.717, 1.165) is 10.6 Å². The molecule has 1 aromatic carbocycles. The van der Waals surface area contributed by atoms with E-state index in [-0.39, 0.29) is 5.41 Å². The summed E-state index contributed by atoms with van der Waals surface area (Å²) in [6, 6.07) is 6.10. The first-order chi connectivity index (χ1) is 5.95. The largest absolute Gasteiger partial charge is 0.326 e. The third-order valence-electron chi connectivity index (χ3n) is 2.14. The second kappa shape index (κ2) is 3.69. The summed E-state index contributed by atoms with van der Waals surface area (Å²) < 4.78 is 0. The number of nitrogens with two attached hydrogens (primary N) is 1. The van der Waals surface area contributed by atoms with Crippen LogP contribution >= 0.6 is 11.6 Å². The third kappa shape index (κ3) is 2.45. The second-order valence-electron chi connectivity index (χ2n) is 4.26. The van der Waals surface area contributed by atoms with Crippen molar-refractivity contribution in [1.82, 2.24) is 0 Å². The minimum Gasteiger partial charge on any atom is -0.326 e. The molecule has 2 N–H and O–H groups in total. The molecule has 1 aromatic rings. The maximum Gasteiger partial charge on any atom is 0.0453 e. The average molecular weight is 198 g/mol. The molecule has 0 heterocycles. The smallest absolute Gasteiger partial charge is 0.0453 e. The van der Waals surface area contributed by atoms with Gasteiger partial charge >= 0.3 is 0 Å². The summed E-state index contributed by atoms with van der Waals surface area (Å²) >= 11 is 6.06. The standard InChI is InChI=1S/C11H16ClN/c1-11(2,3)9-5-4-8(7-13)10(12)6-9/h4-6H,7,13H2,1-3H3. The van der Waals surface area contributed by atoms with E-state index in [4.69, 9.17) is 17.3 Å². The Bertz CT molecular complexity index is 299. The number of halogens is 1. The lowest BCUT2D eigenvalue weighted by Crippen LogP contribution is -2.11. The van der Waals surface area contributed by atoms with Gasteiger partial charge in [-0.15, -0.1) is 0 Å². The first kappa shape index (κ1) is 10.6. The van der Waals surface area contributed by atoms with Gasteiger partial charge in [-0.25, -0.2) is 0 Å². The van der Waals surface area contributed by atoms with Gasteiger partial charge in [0.25, 0.3) is 0 Å². The molecule has 0 bridgehead atoms. The monoisotopic (exact) mass is 197 g/mol. The van der Waals surface area contributed by atoms with Crippen LogP contribution < -0.4 is 5.73 Å². The Morgan fingerprint density at radius 2 is 1.92 bits per heavy atom. The summed E-state index contributed by atoms with van der Waals surface area (Å²) in [6.45, 7) is 7.01. The fourth-order valence-electron chi connectivity index (χ4n) is 1.18. The van der Waals surface area contributed by atoms with Crippen LogP contribution in [0.25, 0.3) is 0 Å². The molecule has 0 spiro atoms. The molecule has 13 heavy (non-hydrogen) atoms. The Balaban J connectivity index is 3.10. The summed E-state index contributed by atoms with van der Waals surface area (Å²) in [7, 11) is 0. The van der Waals surface area contributed by atoms with Crippen molar-refractivity contribution >= 4 is 11.6 Å². The molecular formula is C11H16ClN. The summed E-state index contributed by atoms with van der Waals surface area (Å²) in [5.74, 6) is 0. The van der Waals surface area contributed by atoms with Crippen molar-refractivity contribution in [3.05, 3.63) is 34.3 Å². The molecule has 72 valence electrons. The Morgan fingerprint density at radius 3 is 2.31 bits per heavy atom. The van der Waals surface area contributed by atoms with Crippen LogP contribution in [0.4, 0.5) is 0 Å². The second-order valence-corrected chi connectivity index (χ2v) is 4.67. The maximum absolute atomic E-state index is 6.06. The Labute approximate surface area is 84.9 Å². The van der Waals surface area contributed by atoms with E-state index in [1.54, 1.807) is 0 Å². The first-order valence-corrected chi connectivity index (χ1v) is 4.82. The number of hydrogen-bond donors (Lipinski definition) is 1. The van der Waals surface area contributed by atoms with Crippen LogP contribution in [0.1, 0.15) is 31.9 Å². The van der Waals surface area contributed by atoms with Gasteiger partial charge < -0.3 is 5.73 Å². The van der Waals surface area contributed by atoms with Crippen LogP contribution in [0.5, 0.6) is 0 Å². The zero-order chi connectivity index (χ0) is 10.1. The lowest BCUT2D eigenvalue weighted by Gasteiger charge is -2.19. The minimum absolute atomic E-state index is 0.150. The van der Waals surface area contributed by atoms with E-state index in [1.165, 1.54) is 5.56 Å². The van der Waals surface area contributed by atoms with Gasteiger partial charge in [-0.2, -0.15) is 0 Å². The van der Waals surface area contributed by atoms with Gasteiger partial charge in [-0.3, -0.25) is 0 Å². The van der Waals surface area contributed by atoms with Crippen molar-refractivity contribution in [2.45, 2.75) is 32.7 Å². The molecule has 1 rings (SSSR count). The topological polar surface area (TPSA) is 26.0 Å². The van der Waals surface area contributed by atoms with Crippen molar-refractivity contribution in [3.8, 4) is 0 Å². The van der Waals surface area contributed by atoms with Crippen LogP contribution in [-0.4, -0.2) is 0 Å². The van der Waals surface area contributed by atoms with Crippen LogP contribution in [-0.2, 0) is 12.0 Å². The zero-order valence-electron chi connectivity index (χ0n) is 8.39. The molecule has 0 unspecified atom stereocenters. The van der Waals surface area contributed by atoms with Gasteiger partial charge in [-0.1, -0.05) is 44.5 Å². The van der Waals surface area contributed by atoms with Crippen LogP contribution in [0.2, 0.25) is 5.02 Å². The van der Waals surface area contributed by atoms with E-state index in [2.05, 4.69) is 26.8 Å². The summed E-state index contributed by atoms with van der Waals surface area (Å²) in [6.07, 6.45) is 0. The summed E-state index contributed by atoms with van der Waals surface area (Å²) in [5, 5.41) is 0.773. The first-order valence-electron chi connectivity index (χ1n) is 4.44. The minimum atomic E-state index is 0.150. The van der Waals surface area contributed by atoms with Gasteiger partial charge in [0.15, 0.2) is 0 Å². The van der Waals surface area contributed by atoms with E-state index in [0.29, 0.717) is 6.54 Å². The third-order valence-corrected chi connectivity index (χ3v) is 2.49. The lowest BCUT2D eigenvalue weighted by atomic mass is 9.87. The number of hydrogen-bond acceptors (Lipinski definition) is 1. The van der Waals surface area contributed by atoms with Gasteiger partial charge in [0.2, 0.25) is 0 Å². The molecule has 0 aromatic heterocycles. The van der Waals surface area contributed by atoms with E-state index in [9.17, 15) is 0 Å². The molecule has 2 heteroatoms. The van der Waals surface area contributed by atoms with Gasteiger partial charge in [0.05, 0.1) is 0 Å². The fourth-order valence-corrected chi connectivity index (χ4v) is 1.44. The highest BCUT2D eigenvalue weighted by Gasteiger charge is 2.14. The van der Waals surface area contributed by atoms with E-state index < -0.39 is 0 Å². The van der Waals surface area contributed by atoms with Gasteiger partial charge in [0.1, 0.15) is 0 Å². The molecule has 0 aliphatic heterocycles. The van der Waals surface area contributed by atoms with Crippen LogP contribution in [0.3, 0.4) is 0 Å². The van der Waals surface area contributed by atoms with Gasteiger partial charge in [0, 0.05) is 11.6 Å². The molecule has 0 saturated heterocycles. The summed E-state index contributed by atoms with van der Waals surface area (Å²) in [4.78, 5) is 0. The zero-order valence-corrected chi connectivity index (χ0v) is 9.15. The predicted octanol–water partition coefficient (Wildman–Crippen LogP) is 3.10. The average Bonchev–Trinajstić information content (AvgIpc) is 2.02. The highest BCUT2D eigenvalue weighted by Crippen LogP contribution is 2.26. The normalized spacial score (nSPS) is 11.8. The fraction of sp³-hybridized carbons (Fsp3) is 0.455. The highest BCUT2D eigenvalue weighted by molar-refractivity contribution is 6.31. The highest BCUT2D eigenvalue weighted by atomic mass is 35.5. The molecule has 0 fully saturated rings. The quantitative estimate of drug-likeness (QED) is 0.736. The molecule has 0 saturated carbocycles. The van der Waals surface area contributed by atoms with Crippen molar-refractivity contribution < 1.29 is 0 Å². The van der Waals surface area contributed by atoms with Crippen molar-refractivity contribution in [2.24, 2.45) is 5.73 Å². The van der Waals surface area contributed by atoms with Crippen molar-refractivity contribution in [1.29, 1.82) is 0 Å². The molecular weight excluding hydrogens is 182 g/mol. The van der Waals surface area contributed by atoms with Crippen LogP contribution in [0, 0.1) is 0 Å². The molecule has 0 aliphatic rings. The predicted molar refractivity (Wildman–Crippen MR) is 58.0 cm³/mol. The molecule has 0 amide bonds. The lowest BCUT2D eigenvalue weighted by molar-refractivity contribution is 0.590. The molecule has 0 atom stereocenters. The van der Waals surface area contributed by atoms with Gasteiger partial charge in [-0.05, 0) is 22.6 Å². The van der Waals surface area contributed by atoms with E-state index >= 15 is 0 Å². The Kier molecular flexibility index (Phi) is 2.99. The van der Waals surface area contributed by atoms with E-state index in [1.807, 2.05) is 12.1 Å². The molecule has 0 aliphatic carbocycles. The Morgan fingerprint density at radius 1 is 1.31 bits per heavy atom.